The summed E-state index contributed by atoms with van der Waals surface area (Å²) in [6.45, 7) is 1.53. The molecule has 2 N–H and O–H groups in total. The number of imidazole rings is 1. The van der Waals surface area contributed by atoms with E-state index in [4.69, 9.17) is 5.73 Å². The quantitative estimate of drug-likeness (QED) is 0.764. The predicted molar refractivity (Wildman–Crippen MR) is 79.4 cm³/mol. The van der Waals surface area contributed by atoms with Crippen LogP contribution >= 0.6 is 0 Å². The molecular weight excluding hydrogens is 250 g/mol. The fraction of sp³-hybridized carbons (Fsp3) is 0.333. The molecule has 0 aliphatic rings. The molecular formula is C15H19N5. The molecule has 0 aliphatic heterocycles. The molecule has 0 saturated heterocycles. The molecule has 3 rings (SSSR count). The lowest BCUT2D eigenvalue weighted by Gasteiger charge is -2.07. The molecule has 0 saturated carbocycles. The van der Waals surface area contributed by atoms with Crippen molar-refractivity contribution in [3.8, 4) is 0 Å². The van der Waals surface area contributed by atoms with Crippen LogP contribution in [0.25, 0.3) is 11.0 Å². The van der Waals surface area contributed by atoms with Gasteiger partial charge in [-0.15, -0.1) is 0 Å². The number of para-hydroxylation sites is 2. The summed E-state index contributed by atoms with van der Waals surface area (Å²) < 4.78 is 4.11. The van der Waals surface area contributed by atoms with Crippen molar-refractivity contribution in [2.24, 2.45) is 12.8 Å². The number of rotatable bonds is 5. The second-order valence-electron chi connectivity index (χ2n) is 4.98. The first-order chi connectivity index (χ1) is 9.78. The van der Waals surface area contributed by atoms with Gasteiger partial charge in [0.05, 0.1) is 17.2 Å². The molecule has 0 amide bonds. The number of hydrogen-bond acceptors (Lipinski definition) is 3. The third-order valence-corrected chi connectivity index (χ3v) is 3.48. The largest absolute Gasteiger partial charge is 0.330 e. The van der Waals surface area contributed by atoms with E-state index < -0.39 is 0 Å². The van der Waals surface area contributed by atoms with Gasteiger partial charge in [0.25, 0.3) is 0 Å². The molecule has 3 aromatic rings. The number of benzene rings is 1. The molecule has 0 atom stereocenters. The lowest BCUT2D eigenvalue weighted by atomic mass is 10.2. The van der Waals surface area contributed by atoms with Crippen LogP contribution in [0.3, 0.4) is 0 Å². The molecule has 2 heterocycles. The molecule has 0 unspecified atom stereocenters. The Labute approximate surface area is 118 Å². The Balaban J connectivity index is 1.90. The van der Waals surface area contributed by atoms with Crippen molar-refractivity contribution in [1.29, 1.82) is 0 Å². The fourth-order valence-corrected chi connectivity index (χ4v) is 2.54. The summed E-state index contributed by atoms with van der Waals surface area (Å²) >= 11 is 0. The summed E-state index contributed by atoms with van der Waals surface area (Å²) in [4.78, 5) is 4.68. The summed E-state index contributed by atoms with van der Waals surface area (Å²) in [5.41, 5.74) is 9.16. The summed E-state index contributed by atoms with van der Waals surface area (Å²) in [6.07, 6.45) is 5.73. The number of hydrogen-bond donors (Lipinski definition) is 1. The highest BCUT2D eigenvalue weighted by atomic mass is 15.2. The van der Waals surface area contributed by atoms with Crippen LogP contribution in [-0.2, 0) is 26.4 Å². The highest BCUT2D eigenvalue weighted by molar-refractivity contribution is 5.75. The van der Waals surface area contributed by atoms with E-state index in [1.54, 1.807) is 0 Å². The zero-order valence-corrected chi connectivity index (χ0v) is 11.7. The molecule has 0 spiro atoms. The third kappa shape index (κ3) is 2.44. The molecule has 5 nitrogen and oxygen atoms in total. The minimum atomic E-state index is 0.621. The van der Waals surface area contributed by atoms with E-state index in [0.29, 0.717) is 6.54 Å². The van der Waals surface area contributed by atoms with Crippen LogP contribution in [0, 0.1) is 0 Å². The lowest BCUT2D eigenvalue weighted by Crippen LogP contribution is -2.11. The number of aromatic nitrogens is 4. The maximum absolute atomic E-state index is 5.70. The second-order valence-corrected chi connectivity index (χ2v) is 4.98. The average Bonchev–Trinajstić information content (AvgIpc) is 3.00. The highest BCUT2D eigenvalue weighted by Crippen LogP contribution is 2.17. The van der Waals surface area contributed by atoms with Gasteiger partial charge in [-0.05, 0) is 30.7 Å². The van der Waals surface area contributed by atoms with E-state index in [-0.39, 0.29) is 0 Å². The summed E-state index contributed by atoms with van der Waals surface area (Å²) in [5.74, 6) is 1.07. The first kappa shape index (κ1) is 12.9. The van der Waals surface area contributed by atoms with E-state index in [9.17, 15) is 0 Å². The van der Waals surface area contributed by atoms with Gasteiger partial charge < -0.3 is 10.3 Å². The Hall–Kier alpha value is -2.14. The van der Waals surface area contributed by atoms with E-state index in [2.05, 4.69) is 39.0 Å². The van der Waals surface area contributed by atoms with Gasteiger partial charge in [-0.3, -0.25) is 4.68 Å². The lowest BCUT2D eigenvalue weighted by molar-refractivity contribution is 0.665. The zero-order valence-electron chi connectivity index (χ0n) is 11.7. The maximum atomic E-state index is 5.70. The Kier molecular flexibility index (Phi) is 3.52. The molecule has 0 fully saturated rings. The fourth-order valence-electron chi connectivity index (χ4n) is 2.54. The molecule has 1 aromatic carbocycles. The van der Waals surface area contributed by atoms with E-state index in [0.717, 1.165) is 30.7 Å². The van der Waals surface area contributed by atoms with Gasteiger partial charge in [-0.25, -0.2) is 4.98 Å². The van der Waals surface area contributed by atoms with Gasteiger partial charge >= 0.3 is 0 Å². The molecule has 2 aromatic heterocycles. The van der Waals surface area contributed by atoms with Crippen molar-refractivity contribution >= 4 is 11.0 Å². The van der Waals surface area contributed by atoms with Crippen molar-refractivity contribution in [2.45, 2.75) is 19.4 Å². The Bertz CT molecular complexity index is 710. The van der Waals surface area contributed by atoms with Crippen molar-refractivity contribution < 1.29 is 0 Å². The van der Waals surface area contributed by atoms with Gasteiger partial charge in [-0.2, -0.15) is 5.10 Å². The van der Waals surface area contributed by atoms with Crippen LogP contribution in [0.1, 0.15) is 11.4 Å². The summed E-state index contributed by atoms with van der Waals surface area (Å²) in [7, 11) is 1.94. The molecule has 20 heavy (non-hydrogen) atoms. The zero-order chi connectivity index (χ0) is 13.9. The Morgan fingerprint density at radius 1 is 1.20 bits per heavy atom. The van der Waals surface area contributed by atoms with Gasteiger partial charge in [0.2, 0.25) is 0 Å². The van der Waals surface area contributed by atoms with Crippen LogP contribution < -0.4 is 5.73 Å². The third-order valence-electron chi connectivity index (χ3n) is 3.48. The van der Waals surface area contributed by atoms with Crippen LogP contribution in [0.5, 0.6) is 0 Å². The van der Waals surface area contributed by atoms with Crippen LogP contribution in [0.15, 0.2) is 36.7 Å². The molecule has 104 valence electrons. The van der Waals surface area contributed by atoms with Gasteiger partial charge in [0.1, 0.15) is 5.82 Å². The smallest absolute Gasteiger partial charge is 0.111 e. The number of aryl methyl sites for hydroxylation is 3. The van der Waals surface area contributed by atoms with Gasteiger partial charge in [-0.1, -0.05) is 12.1 Å². The van der Waals surface area contributed by atoms with Crippen LogP contribution in [0.4, 0.5) is 0 Å². The number of fused-ring (bicyclic) bond motifs is 1. The van der Waals surface area contributed by atoms with E-state index in [1.807, 2.05) is 24.0 Å². The predicted octanol–water partition coefficient (Wildman–Crippen LogP) is 1.51. The van der Waals surface area contributed by atoms with Crippen LogP contribution in [0.2, 0.25) is 0 Å². The van der Waals surface area contributed by atoms with E-state index >= 15 is 0 Å². The summed E-state index contributed by atoms with van der Waals surface area (Å²) in [5, 5.41) is 4.21. The van der Waals surface area contributed by atoms with Crippen molar-refractivity contribution in [2.75, 3.05) is 6.54 Å². The normalized spacial score (nSPS) is 11.3. The number of nitrogens with two attached hydrogens (primary N) is 1. The standard InChI is InChI=1S/C15H19N5/c1-19-11-12(10-17-19)7-9-20-14-5-3-2-4-13(14)18-15(20)6-8-16/h2-5,10-11H,6-9,16H2,1H3. The molecule has 0 bridgehead atoms. The van der Waals surface area contributed by atoms with Crippen molar-refractivity contribution in [1.82, 2.24) is 19.3 Å². The molecule has 0 aliphatic carbocycles. The van der Waals surface area contributed by atoms with Gasteiger partial charge in [0.15, 0.2) is 0 Å². The topological polar surface area (TPSA) is 61.7 Å². The van der Waals surface area contributed by atoms with Gasteiger partial charge in [0, 0.05) is 26.2 Å². The van der Waals surface area contributed by atoms with Crippen molar-refractivity contribution in [3.05, 3.63) is 48.0 Å². The Morgan fingerprint density at radius 2 is 2.05 bits per heavy atom. The average molecular weight is 269 g/mol. The first-order valence-electron chi connectivity index (χ1n) is 6.89. The minimum absolute atomic E-state index is 0.621. The first-order valence-corrected chi connectivity index (χ1v) is 6.89. The molecule has 0 radical (unpaired) electrons. The highest BCUT2D eigenvalue weighted by Gasteiger charge is 2.09. The Morgan fingerprint density at radius 3 is 2.80 bits per heavy atom. The summed E-state index contributed by atoms with van der Waals surface area (Å²) in [6, 6.07) is 8.24. The maximum Gasteiger partial charge on any atom is 0.111 e. The minimum Gasteiger partial charge on any atom is -0.330 e. The van der Waals surface area contributed by atoms with Crippen molar-refractivity contribution in [3.63, 3.8) is 0 Å². The SMILES string of the molecule is Cn1cc(CCn2c(CCN)nc3ccccc32)cn1. The monoisotopic (exact) mass is 269 g/mol. The van der Waals surface area contributed by atoms with E-state index in [1.165, 1.54) is 11.1 Å². The number of nitrogens with zero attached hydrogens (tertiary/aromatic N) is 4. The van der Waals surface area contributed by atoms with Crippen LogP contribution in [-0.4, -0.2) is 25.9 Å². The molecule has 5 heteroatoms. The second kappa shape index (κ2) is 5.46.